The van der Waals surface area contributed by atoms with Gasteiger partial charge in [-0.2, -0.15) is 0 Å². The monoisotopic (exact) mass is 232 g/mol. The van der Waals surface area contributed by atoms with Crippen LogP contribution < -0.4 is 15.0 Å². The molecule has 1 aliphatic rings. The Morgan fingerprint density at radius 2 is 2.35 bits per heavy atom. The Kier molecular flexibility index (Phi) is 3.09. The number of carbonyl (C=O) groups excluding carboxylic acids is 2. The van der Waals surface area contributed by atoms with Crippen LogP contribution in [0.2, 0.25) is 0 Å². The molecule has 0 radical (unpaired) electrons. The molecule has 1 N–H and O–H groups in total. The average Bonchev–Trinajstić information content (AvgIpc) is 2.33. The zero-order valence-electron chi connectivity index (χ0n) is 9.18. The molecule has 2 amide bonds. The van der Waals surface area contributed by atoms with Gasteiger partial charge in [0.05, 0.1) is 5.69 Å². The van der Waals surface area contributed by atoms with E-state index in [9.17, 15) is 9.59 Å². The predicted molar refractivity (Wildman–Crippen MR) is 64.2 cm³/mol. The first kappa shape index (κ1) is 11.2. The smallest absolute Gasteiger partial charge is 0.265 e. The van der Waals surface area contributed by atoms with Crippen molar-refractivity contribution in [3.63, 3.8) is 0 Å². The maximum absolute atomic E-state index is 11.6. The molecule has 17 heavy (non-hydrogen) atoms. The topological polar surface area (TPSA) is 58.6 Å². The van der Waals surface area contributed by atoms with Gasteiger partial charge in [-0.15, -0.1) is 6.58 Å². The summed E-state index contributed by atoms with van der Waals surface area (Å²) in [6.45, 7) is 4.06. The molecule has 0 saturated heterocycles. The summed E-state index contributed by atoms with van der Waals surface area (Å²) < 4.78 is 5.32. The van der Waals surface area contributed by atoms with E-state index in [0.717, 1.165) is 0 Å². The normalized spacial score (nSPS) is 13.6. The molecule has 0 atom stereocenters. The Balaban J connectivity index is 2.36. The second-order valence-electron chi connectivity index (χ2n) is 3.53. The van der Waals surface area contributed by atoms with Crippen molar-refractivity contribution in [2.45, 2.75) is 0 Å². The zero-order valence-corrected chi connectivity index (χ0v) is 9.18. The molecule has 0 unspecified atom stereocenters. The fraction of sp³-hybridized carbons (Fsp3) is 0.167. The summed E-state index contributed by atoms with van der Waals surface area (Å²) in [5.74, 6) is 0.479. The van der Waals surface area contributed by atoms with Gasteiger partial charge in [0.1, 0.15) is 5.75 Å². The van der Waals surface area contributed by atoms with Crippen molar-refractivity contribution < 1.29 is 14.3 Å². The first-order valence-corrected chi connectivity index (χ1v) is 5.14. The largest absolute Gasteiger partial charge is 0.481 e. The minimum atomic E-state index is -0.103. The van der Waals surface area contributed by atoms with Gasteiger partial charge in [0.25, 0.3) is 5.91 Å². The molecule has 1 aromatic carbocycles. The summed E-state index contributed by atoms with van der Waals surface area (Å²) in [5, 5.41) is 2.53. The lowest BCUT2D eigenvalue weighted by Gasteiger charge is -2.28. The third-order valence-corrected chi connectivity index (χ3v) is 2.44. The fourth-order valence-electron chi connectivity index (χ4n) is 1.69. The van der Waals surface area contributed by atoms with Crippen LogP contribution >= 0.6 is 0 Å². The number of fused-ring (bicyclic) bond motifs is 1. The Bertz CT molecular complexity index is 471. The first-order chi connectivity index (χ1) is 8.26. The van der Waals surface area contributed by atoms with Crippen LogP contribution in [-0.2, 0) is 9.59 Å². The number of rotatable bonds is 4. The number of nitrogens with zero attached hydrogens (tertiary/aromatic N) is 1. The lowest BCUT2D eigenvalue weighted by molar-refractivity contribution is -0.121. The van der Waals surface area contributed by atoms with E-state index in [0.29, 0.717) is 30.1 Å². The number of hydrogen-bond acceptors (Lipinski definition) is 3. The SMILES string of the molecule is C=CCN1C(=O)COc2cc(NC=O)ccc21. The summed E-state index contributed by atoms with van der Waals surface area (Å²) in [6, 6.07) is 5.14. The van der Waals surface area contributed by atoms with Crippen molar-refractivity contribution in [2.24, 2.45) is 0 Å². The maximum atomic E-state index is 11.6. The van der Waals surface area contributed by atoms with Crippen molar-refractivity contribution in [2.75, 3.05) is 23.4 Å². The van der Waals surface area contributed by atoms with Crippen molar-refractivity contribution in [3.8, 4) is 5.75 Å². The van der Waals surface area contributed by atoms with E-state index in [-0.39, 0.29) is 12.5 Å². The van der Waals surface area contributed by atoms with E-state index >= 15 is 0 Å². The molecule has 1 aromatic rings. The van der Waals surface area contributed by atoms with Crippen molar-refractivity contribution >= 4 is 23.7 Å². The summed E-state index contributed by atoms with van der Waals surface area (Å²) in [4.78, 5) is 23.6. The summed E-state index contributed by atoms with van der Waals surface area (Å²) in [6.07, 6.45) is 2.25. The van der Waals surface area contributed by atoms with E-state index in [1.165, 1.54) is 0 Å². The highest BCUT2D eigenvalue weighted by molar-refractivity contribution is 5.98. The third kappa shape index (κ3) is 2.13. The van der Waals surface area contributed by atoms with Gasteiger partial charge in [-0.3, -0.25) is 9.59 Å². The van der Waals surface area contributed by atoms with Gasteiger partial charge in [0.2, 0.25) is 6.41 Å². The number of benzene rings is 1. The molecule has 0 saturated carbocycles. The highest BCUT2D eigenvalue weighted by Gasteiger charge is 2.24. The van der Waals surface area contributed by atoms with Crippen LogP contribution in [0, 0.1) is 0 Å². The second-order valence-corrected chi connectivity index (χ2v) is 3.53. The molecule has 2 rings (SSSR count). The summed E-state index contributed by atoms with van der Waals surface area (Å²) >= 11 is 0. The first-order valence-electron chi connectivity index (χ1n) is 5.14. The van der Waals surface area contributed by atoms with Crippen LogP contribution in [0.5, 0.6) is 5.75 Å². The minimum absolute atomic E-state index is 0.00534. The van der Waals surface area contributed by atoms with Gasteiger partial charge in [-0.05, 0) is 12.1 Å². The van der Waals surface area contributed by atoms with Crippen molar-refractivity contribution in [1.29, 1.82) is 0 Å². The Labute approximate surface area is 98.7 Å². The molecule has 0 fully saturated rings. The Hall–Kier alpha value is -2.30. The van der Waals surface area contributed by atoms with Gasteiger partial charge in [-0.1, -0.05) is 6.08 Å². The highest BCUT2D eigenvalue weighted by atomic mass is 16.5. The minimum Gasteiger partial charge on any atom is -0.481 e. The standard InChI is InChI=1S/C12H12N2O3/c1-2-5-14-10-4-3-9(13-8-15)6-11(10)17-7-12(14)16/h2-4,6,8H,1,5,7H2,(H,13,15). The molecule has 5 nitrogen and oxygen atoms in total. The predicted octanol–water partition coefficient (Wildman–Crippen LogP) is 1.17. The molecule has 1 aliphatic heterocycles. The Morgan fingerprint density at radius 1 is 1.53 bits per heavy atom. The van der Waals surface area contributed by atoms with Crippen LogP contribution in [0.1, 0.15) is 0 Å². The summed E-state index contributed by atoms with van der Waals surface area (Å²) in [7, 11) is 0. The van der Waals surface area contributed by atoms with Crippen LogP contribution in [0.15, 0.2) is 30.9 Å². The van der Waals surface area contributed by atoms with E-state index in [1.807, 2.05) is 0 Å². The highest BCUT2D eigenvalue weighted by Crippen LogP contribution is 2.34. The van der Waals surface area contributed by atoms with Gasteiger partial charge >= 0.3 is 0 Å². The number of nitrogens with one attached hydrogen (secondary N) is 1. The van der Waals surface area contributed by atoms with Crippen LogP contribution in [-0.4, -0.2) is 25.5 Å². The van der Waals surface area contributed by atoms with E-state index in [2.05, 4.69) is 11.9 Å². The maximum Gasteiger partial charge on any atom is 0.265 e. The summed E-state index contributed by atoms with van der Waals surface area (Å²) in [5.41, 5.74) is 1.32. The Morgan fingerprint density at radius 3 is 3.06 bits per heavy atom. The van der Waals surface area contributed by atoms with E-state index in [1.54, 1.807) is 29.2 Å². The molecule has 0 bridgehead atoms. The molecular weight excluding hydrogens is 220 g/mol. The molecular formula is C12H12N2O3. The number of carbonyl (C=O) groups is 2. The van der Waals surface area contributed by atoms with Gasteiger partial charge in [-0.25, -0.2) is 0 Å². The number of ether oxygens (including phenoxy) is 1. The lowest BCUT2D eigenvalue weighted by atomic mass is 10.2. The van der Waals surface area contributed by atoms with Crippen LogP contribution in [0.4, 0.5) is 11.4 Å². The number of amides is 2. The fourth-order valence-corrected chi connectivity index (χ4v) is 1.69. The zero-order chi connectivity index (χ0) is 12.3. The third-order valence-electron chi connectivity index (χ3n) is 2.44. The van der Waals surface area contributed by atoms with E-state index in [4.69, 9.17) is 4.74 Å². The van der Waals surface area contributed by atoms with E-state index < -0.39 is 0 Å². The number of anilines is 2. The average molecular weight is 232 g/mol. The van der Waals surface area contributed by atoms with Crippen LogP contribution in [0.3, 0.4) is 0 Å². The molecule has 5 heteroatoms. The van der Waals surface area contributed by atoms with Crippen molar-refractivity contribution in [3.05, 3.63) is 30.9 Å². The van der Waals surface area contributed by atoms with Gasteiger partial charge in [0, 0.05) is 18.3 Å². The van der Waals surface area contributed by atoms with Crippen molar-refractivity contribution in [1.82, 2.24) is 0 Å². The number of hydrogen-bond donors (Lipinski definition) is 1. The molecule has 0 aliphatic carbocycles. The molecule has 1 heterocycles. The van der Waals surface area contributed by atoms with Gasteiger partial charge in [0.15, 0.2) is 6.61 Å². The van der Waals surface area contributed by atoms with Crippen LogP contribution in [0.25, 0.3) is 0 Å². The lowest BCUT2D eigenvalue weighted by Crippen LogP contribution is -2.38. The van der Waals surface area contributed by atoms with Gasteiger partial charge < -0.3 is 15.0 Å². The molecule has 0 spiro atoms. The quantitative estimate of drug-likeness (QED) is 0.626. The molecule has 0 aromatic heterocycles. The molecule has 88 valence electrons. The second kappa shape index (κ2) is 4.69.